The summed E-state index contributed by atoms with van der Waals surface area (Å²) in [4.78, 5) is 34.0. The van der Waals surface area contributed by atoms with Crippen molar-refractivity contribution in [1.29, 1.82) is 0 Å². The monoisotopic (exact) mass is 346 g/mol. The van der Waals surface area contributed by atoms with E-state index in [-0.39, 0.29) is 23.3 Å². The number of H-pyrrole nitrogens is 1. The molecule has 2 heterocycles. The Hall–Kier alpha value is -1.85. The summed E-state index contributed by atoms with van der Waals surface area (Å²) in [5.74, 6) is 1.99. The van der Waals surface area contributed by atoms with Gasteiger partial charge in [0, 0.05) is 18.0 Å². The Bertz CT molecular complexity index is 689. The van der Waals surface area contributed by atoms with Crippen molar-refractivity contribution in [3.63, 3.8) is 0 Å². The van der Waals surface area contributed by atoms with E-state index in [1.165, 1.54) is 12.8 Å². The van der Waals surface area contributed by atoms with Crippen LogP contribution in [0.4, 0.5) is 5.95 Å². The van der Waals surface area contributed by atoms with E-state index < -0.39 is 0 Å². The fourth-order valence-corrected chi connectivity index (χ4v) is 4.53. The Morgan fingerprint density at radius 3 is 2.60 bits per heavy atom. The second kappa shape index (κ2) is 7.18. The summed E-state index contributed by atoms with van der Waals surface area (Å²) in [6.45, 7) is 7.60. The molecule has 1 saturated carbocycles. The molecule has 0 aromatic carbocycles. The molecule has 138 valence electrons. The van der Waals surface area contributed by atoms with E-state index in [1.807, 2.05) is 4.90 Å². The summed E-state index contributed by atoms with van der Waals surface area (Å²) in [5.41, 5.74) is 6.83. The molecule has 1 aliphatic heterocycles. The molecule has 1 atom stereocenters. The third-order valence-corrected chi connectivity index (χ3v) is 5.98. The first-order valence-corrected chi connectivity index (χ1v) is 9.53. The zero-order chi connectivity index (χ0) is 18.1. The maximum atomic E-state index is 13.3. The Kier molecular flexibility index (Phi) is 5.16. The molecule has 1 aromatic rings. The van der Waals surface area contributed by atoms with Crippen LogP contribution in [0.5, 0.6) is 0 Å². The molecule has 0 radical (unpaired) electrons. The first-order valence-electron chi connectivity index (χ1n) is 9.53. The zero-order valence-electron chi connectivity index (χ0n) is 15.5. The van der Waals surface area contributed by atoms with Crippen LogP contribution < -0.4 is 11.3 Å². The first kappa shape index (κ1) is 18.0. The Balaban J connectivity index is 1.78. The number of aromatic amines is 1. The van der Waals surface area contributed by atoms with Crippen LogP contribution in [0.25, 0.3) is 0 Å². The Morgan fingerprint density at radius 2 is 1.96 bits per heavy atom. The van der Waals surface area contributed by atoms with E-state index in [4.69, 9.17) is 5.73 Å². The molecule has 1 fully saturated rings. The molecule has 1 amide bonds. The minimum atomic E-state index is -0.170. The highest BCUT2D eigenvalue weighted by atomic mass is 16.2. The van der Waals surface area contributed by atoms with E-state index in [2.05, 4.69) is 30.7 Å². The summed E-state index contributed by atoms with van der Waals surface area (Å²) in [7, 11) is 0. The van der Waals surface area contributed by atoms with Crippen molar-refractivity contribution in [3.05, 3.63) is 21.6 Å². The Morgan fingerprint density at radius 1 is 1.28 bits per heavy atom. The number of nitrogens with one attached hydrogen (secondary N) is 1. The number of amides is 1. The fourth-order valence-electron chi connectivity index (χ4n) is 4.53. The van der Waals surface area contributed by atoms with Gasteiger partial charge in [0.2, 0.25) is 11.9 Å². The minimum Gasteiger partial charge on any atom is -0.369 e. The van der Waals surface area contributed by atoms with E-state index in [0.717, 1.165) is 18.8 Å². The number of rotatable bonds is 3. The number of carbonyl (C=O) groups excluding carboxylic acids is 1. The first-order chi connectivity index (χ1) is 11.9. The lowest BCUT2D eigenvalue weighted by Crippen LogP contribution is -2.45. The number of aromatic nitrogens is 2. The van der Waals surface area contributed by atoms with Crippen molar-refractivity contribution >= 4 is 11.9 Å². The fraction of sp³-hybridized carbons (Fsp3) is 0.737. The molecule has 0 bridgehead atoms. The topological polar surface area (TPSA) is 92.1 Å². The van der Waals surface area contributed by atoms with E-state index in [9.17, 15) is 9.59 Å². The number of hydrogen-bond acceptors (Lipinski definition) is 4. The van der Waals surface area contributed by atoms with Crippen molar-refractivity contribution < 1.29 is 4.79 Å². The summed E-state index contributed by atoms with van der Waals surface area (Å²) in [5, 5.41) is 0. The van der Waals surface area contributed by atoms with Gasteiger partial charge in [0.1, 0.15) is 0 Å². The van der Waals surface area contributed by atoms with Crippen LogP contribution in [0.15, 0.2) is 4.79 Å². The molecule has 1 unspecified atom stereocenters. The number of nitrogens with zero attached hydrogens (tertiary/aromatic N) is 2. The van der Waals surface area contributed by atoms with Crippen LogP contribution in [-0.4, -0.2) is 27.3 Å². The van der Waals surface area contributed by atoms with Crippen molar-refractivity contribution in [2.45, 2.75) is 59.4 Å². The number of fused-ring (bicyclic) bond motifs is 1. The smallest absolute Gasteiger partial charge is 0.255 e. The van der Waals surface area contributed by atoms with Crippen molar-refractivity contribution in [1.82, 2.24) is 14.9 Å². The lowest BCUT2D eigenvalue weighted by molar-refractivity contribution is -0.141. The van der Waals surface area contributed by atoms with Gasteiger partial charge in [-0.3, -0.25) is 14.6 Å². The average Bonchev–Trinajstić information content (AvgIpc) is 2.55. The maximum Gasteiger partial charge on any atom is 0.255 e. The van der Waals surface area contributed by atoms with Crippen LogP contribution in [-0.2, 0) is 17.8 Å². The number of anilines is 1. The average molecular weight is 346 g/mol. The van der Waals surface area contributed by atoms with Crippen molar-refractivity contribution in [3.8, 4) is 0 Å². The minimum absolute atomic E-state index is 0.0633. The highest BCUT2D eigenvalue weighted by Crippen LogP contribution is 2.37. The number of nitrogen functional groups attached to an aromatic ring is 1. The maximum absolute atomic E-state index is 13.3. The third kappa shape index (κ3) is 3.72. The summed E-state index contributed by atoms with van der Waals surface area (Å²) >= 11 is 0. The lowest BCUT2D eigenvalue weighted by atomic mass is 9.72. The van der Waals surface area contributed by atoms with Crippen molar-refractivity contribution in [2.24, 2.45) is 23.7 Å². The lowest BCUT2D eigenvalue weighted by Gasteiger charge is -2.38. The van der Waals surface area contributed by atoms with E-state index in [0.29, 0.717) is 42.6 Å². The van der Waals surface area contributed by atoms with E-state index >= 15 is 0 Å². The van der Waals surface area contributed by atoms with E-state index in [1.54, 1.807) is 0 Å². The van der Waals surface area contributed by atoms with Crippen LogP contribution in [0.1, 0.15) is 57.7 Å². The van der Waals surface area contributed by atoms with Gasteiger partial charge < -0.3 is 10.6 Å². The zero-order valence-corrected chi connectivity index (χ0v) is 15.5. The quantitative estimate of drug-likeness (QED) is 0.878. The highest BCUT2D eigenvalue weighted by molar-refractivity contribution is 5.79. The molecular formula is C19H30N4O2. The standard InChI is InChI=1S/C19H30N4O2/c1-11(2)16(13-6-4-12(3)5-7-13)18(25)23-9-8-14-15(10-23)21-19(20)22-17(14)24/h11-13,16H,4-10H2,1-3H3,(H3,20,21,22,24). The summed E-state index contributed by atoms with van der Waals surface area (Å²) in [6.07, 6.45) is 5.28. The molecule has 3 rings (SSSR count). The predicted molar refractivity (Wildman–Crippen MR) is 97.8 cm³/mol. The van der Waals surface area contributed by atoms with Gasteiger partial charge in [0.15, 0.2) is 0 Å². The highest BCUT2D eigenvalue weighted by Gasteiger charge is 2.37. The molecule has 1 aromatic heterocycles. The molecule has 1 aliphatic carbocycles. The Labute approximate surface area is 149 Å². The number of nitrogens with two attached hydrogens (primary N) is 1. The van der Waals surface area contributed by atoms with Crippen molar-refractivity contribution in [2.75, 3.05) is 12.3 Å². The van der Waals surface area contributed by atoms with Gasteiger partial charge in [0.25, 0.3) is 5.56 Å². The van der Waals surface area contributed by atoms with Gasteiger partial charge in [-0.1, -0.05) is 33.6 Å². The van der Waals surface area contributed by atoms with Gasteiger partial charge in [-0.2, -0.15) is 0 Å². The van der Waals surface area contributed by atoms with Crippen LogP contribution in [0.3, 0.4) is 0 Å². The molecule has 6 heteroatoms. The number of carbonyl (C=O) groups is 1. The molecule has 2 aliphatic rings. The van der Waals surface area contributed by atoms with Crippen LogP contribution in [0.2, 0.25) is 0 Å². The van der Waals surface area contributed by atoms with Gasteiger partial charge in [-0.25, -0.2) is 4.98 Å². The number of hydrogen-bond donors (Lipinski definition) is 2. The molecule has 3 N–H and O–H groups in total. The molecule has 25 heavy (non-hydrogen) atoms. The van der Waals surface area contributed by atoms with Gasteiger partial charge in [-0.15, -0.1) is 0 Å². The predicted octanol–water partition coefficient (Wildman–Crippen LogP) is 2.34. The SMILES string of the molecule is CC1CCC(C(C(=O)N2CCc3c(nc(N)[nH]c3=O)C2)C(C)C)CC1. The van der Waals surface area contributed by atoms with Crippen LogP contribution in [0, 0.1) is 23.7 Å². The summed E-state index contributed by atoms with van der Waals surface area (Å²) < 4.78 is 0. The molecular weight excluding hydrogens is 316 g/mol. The second-order valence-corrected chi connectivity index (χ2v) is 8.18. The van der Waals surface area contributed by atoms with Gasteiger partial charge >= 0.3 is 0 Å². The molecule has 0 saturated heterocycles. The summed E-state index contributed by atoms with van der Waals surface area (Å²) in [6, 6.07) is 0. The van der Waals surface area contributed by atoms with Crippen LogP contribution >= 0.6 is 0 Å². The molecule has 0 spiro atoms. The normalized spacial score (nSPS) is 24.9. The third-order valence-electron chi connectivity index (χ3n) is 5.98. The largest absolute Gasteiger partial charge is 0.369 e. The van der Waals surface area contributed by atoms with Gasteiger partial charge in [-0.05, 0) is 37.0 Å². The second-order valence-electron chi connectivity index (χ2n) is 8.18. The molecule has 6 nitrogen and oxygen atoms in total. The van der Waals surface area contributed by atoms with Gasteiger partial charge in [0.05, 0.1) is 12.2 Å².